The Hall–Kier alpha value is -2.09. The van der Waals surface area contributed by atoms with Crippen molar-refractivity contribution in [3.05, 3.63) is 59.7 Å². The van der Waals surface area contributed by atoms with Gasteiger partial charge < -0.3 is 4.74 Å². The molecule has 2 nitrogen and oxygen atoms in total. The number of hydrogen-bond acceptors (Lipinski definition) is 2. The van der Waals surface area contributed by atoms with Crippen molar-refractivity contribution in [2.24, 2.45) is 0 Å². The summed E-state index contributed by atoms with van der Waals surface area (Å²) in [6.07, 6.45) is 3.07. The van der Waals surface area contributed by atoms with E-state index in [1.807, 2.05) is 25.1 Å². The fourth-order valence-corrected chi connectivity index (χ4v) is 2.31. The number of hydrogen-bond donors (Lipinski definition) is 0. The smallest absolute Gasteiger partial charge is 0.331 e. The Morgan fingerprint density at radius 1 is 1.12 bits per heavy atom. The van der Waals surface area contributed by atoms with Gasteiger partial charge in [-0.2, -0.15) is 0 Å². The molecule has 1 atom stereocenters. The maximum atomic E-state index is 11.2. The normalized spacial score (nSPS) is 18.6. The lowest BCUT2D eigenvalue weighted by Crippen LogP contribution is -2.02. The highest BCUT2D eigenvalue weighted by atomic mass is 16.5. The largest absolute Gasteiger partial charge is 0.450 e. The molecular weight excluding hydrogens is 212 g/mol. The van der Waals surface area contributed by atoms with Crippen LogP contribution in [0.5, 0.6) is 0 Å². The Bertz CT molecular complexity index is 626. The number of carbonyl (C=O) groups excluding carboxylic acids is 1. The van der Waals surface area contributed by atoms with Gasteiger partial charge in [0.15, 0.2) is 0 Å². The topological polar surface area (TPSA) is 26.3 Å². The molecule has 1 aliphatic heterocycles. The number of benzene rings is 2. The second kappa shape index (κ2) is 3.74. The standard InChI is InChI=1S/C15H12O2/c1-10-6-7-11-4-2-3-5-12(11)15(10)13-8-9-14(16)17-13/h2-9,13H,1H3. The molecule has 3 rings (SSSR count). The first-order chi connectivity index (χ1) is 8.25. The second-order valence-corrected chi connectivity index (χ2v) is 4.23. The molecule has 0 saturated carbocycles. The molecule has 0 N–H and O–H groups in total. The lowest BCUT2D eigenvalue weighted by molar-refractivity contribution is -0.138. The fourth-order valence-electron chi connectivity index (χ4n) is 2.31. The van der Waals surface area contributed by atoms with Crippen molar-refractivity contribution >= 4 is 16.7 Å². The minimum atomic E-state index is -0.262. The van der Waals surface area contributed by atoms with Crippen LogP contribution in [0.2, 0.25) is 0 Å². The van der Waals surface area contributed by atoms with Gasteiger partial charge in [0.1, 0.15) is 6.10 Å². The predicted octanol–water partition coefficient (Wildman–Crippen LogP) is 3.30. The molecule has 2 heteroatoms. The minimum Gasteiger partial charge on any atom is -0.450 e. The van der Waals surface area contributed by atoms with Crippen LogP contribution in [0.15, 0.2) is 48.6 Å². The van der Waals surface area contributed by atoms with Gasteiger partial charge in [-0.1, -0.05) is 36.4 Å². The average molecular weight is 224 g/mol. The van der Waals surface area contributed by atoms with E-state index in [0.29, 0.717) is 0 Å². The van der Waals surface area contributed by atoms with E-state index in [9.17, 15) is 4.79 Å². The van der Waals surface area contributed by atoms with Gasteiger partial charge in [0.05, 0.1) is 0 Å². The first kappa shape index (κ1) is 10.1. The monoisotopic (exact) mass is 224 g/mol. The molecule has 0 radical (unpaired) electrons. The number of carbonyl (C=O) groups is 1. The van der Waals surface area contributed by atoms with Crippen molar-refractivity contribution in [3.63, 3.8) is 0 Å². The van der Waals surface area contributed by atoms with Crippen molar-refractivity contribution in [2.75, 3.05) is 0 Å². The molecular formula is C15H12O2. The summed E-state index contributed by atoms with van der Waals surface area (Å²) in [7, 11) is 0. The summed E-state index contributed by atoms with van der Waals surface area (Å²) in [5.74, 6) is -0.262. The van der Waals surface area contributed by atoms with Crippen LogP contribution in [0.3, 0.4) is 0 Å². The van der Waals surface area contributed by atoms with Crippen LogP contribution in [0.25, 0.3) is 10.8 Å². The molecule has 84 valence electrons. The second-order valence-electron chi connectivity index (χ2n) is 4.23. The van der Waals surface area contributed by atoms with E-state index in [1.165, 1.54) is 11.5 Å². The van der Waals surface area contributed by atoms with E-state index >= 15 is 0 Å². The van der Waals surface area contributed by atoms with E-state index < -0.39 is 0 Å². The highest BCUT2D eigenvalue weighted by molar-refractivity contribution is 5.90. The van der Waals surface area contributed by atoms with Crippen molar-refractivity contribution in [1.82, 2.24) is 0 Å². The van der Waals surface area contributed by atoms with Gasteiger partial charge in [-0.05, 0) is 29.3 Å². The summed E-state index contributed by atoms with van der Waals surface area (Å²) in [4.78, 5) is 11.2. The number of esters is 1. The lowest BCUT2D eigenvalue weighted by Gasteiger charge is -2.15. The van der Waals surface area contributed by atoms with Gasteiger partial charge >= 0.3 is 5.97 Å². The van der Waals surface area contributed by atoms with Crippen molar-refractivity contribution in [2.45, 2.75) is 13.0 Å². The van der Waals surface area contributed by atoms with Gasteiger partial charge in [-0.3, -0.25) is 0 Å². The fraction of sp³-hybridized carbons (Fsp3) is 0.133. The van der Waals surface area contributed by atoms with E-state index in [4.69, 9.17) is 4.74 Å². The van der Waals surface area contributed by atoms with Crippen molar-refractivity contribution in [3.8, 4) is 0 Å². The summed E-state index contributed by atoms with van der Waals surface area (Å²) in [6, 6.07) is 12.3. The highest BCUT2D eigenvalue weighted by Gasteiger charge is 2.22. The van der Waals surface area contributed by atoms with E-state index in [2.05, 4.69) is 24.3 Å². The Labute approximate surface area is 99.5 Å². The van der Waals surface area contributed by atoms with E-state index in [-0.39, 0.29) is 12.1 Å². The van der Waals surface area contributed by atoms with Crippen LogP contribution < -0.4 is 0 Å². The quantitative estimate of drug-likeness (QED) is 0.695. The zero-order valence-corrected chi connectivity index (χ0v) is 9.51. The maximum absolute atomic E-state index is 11.2. The molecule has 0 aliphatic carbocycles. The van der Waals surface area contributed by atoms with Gasteiger partial charge in [-0.25, -0.2) is 4.79 Å². The summed E-state index contributed by atoms with van der Waals surface area (Å²) in [6.45, 7) is 2.04. The van der Waals surface area contributed by atoms with E-state index in [1.54, 1.807) is 0 Å². The molecule has 1 unspecified atom stereocenters. The molecule has 2 aromatic rings. The SMILES string of the molecule is Cc1ccc2ccccc2c1C1C=CC(=O)O1. The average Bonchev–Trinajstić information content (AvgIpc) is 2.75. The van der Waals surface area contributed by atoms with Gasteiger partial charge in [0.2, 0.25) is 0 Å². The van der Waals surface area contributed by atoms with Crippen LogP contribution in [0, 0.1) is 6.92 Å². The molecule has 0 saturated heterocycles. The van der Waals surface area contributed by atoms with Crippen LogP contribution in [0.1, 0.15) is 17.2 Å². The van der Waals surface area contributed by atoms with Crippen LogP contribution in [-0.2, 0) is 9.53 Å². The summed E-state index contributed by atoms with van der Waals surface area (Å²) in [5.41, 5.74) is 2.23. The molecule has 0 spiro atoms. The van der Waals surface area contributed by atoms with Gasteiger partial charge in [0, 0.05) is 11.6 Å². The number of cyclic esters (lactones) is 1. The van der Waals surface area contributed by atoms with Gasteiger partial charge in [-0.15, -0.1) is 0 Å². The summed E-state index contributed by atoms with van der Waals surface area (Å²) in [5, 5.41) is 2.32. The third-order valence-corrected chi connectivity index (χ3v) is 3.12. The zero-order valence-electron chi connectivity index (χ0n) is 9.51. The number of aryl methyl sites for hydroxylation is 1. The molecule has 17 heavy (non-hydrogen) atoms. The van der Waals surface area contributed by atoms with Crippen molar-refractivity contribution in [1.29, 1.82) is 0 Å². The van der Waals surface area contributed by atoms with Crippen molar-refractivity contribution < 1.29 is 9.53 Å². The Kier molecular flexibility index (Phi) is 2.22. The summed E-state index contributed by atoms with van der Waals surface area (Å²) < 4.78 is 5.29. The number of fused-ring (bicyclic) bond motifs is 1. The van der Waals surface area contributed by atoms with Crippen LogP contribution in [-0.4, -0.2) is 5.97 Å². The first-order valence-corrected chi connectivity index (χ1v) is 5.63. The Balaban J connectivity index is 2.24. The molecule has 0 bridgehead atoms. The van der Waals surface area contributed by atoms with Crippen LogP contribution in [0.4, 0.5) is 0 Å². The Morgan fingerprint density at radius 2 is 1.94 bits per heavy atom. The minimum absolute atomic E-state index is 0.242. The van der Waals surface area contributed by atoms with Crippen LogP contribution >= 0.6 is 0 Å². The molecule has 1 heterocycles. The third kappa shape index (κ3) is 1.62. The Morgan fingerprint density at radius 3 is 2.71 bits per heavy atom. The third-order valence-electron chi connectivity index (χ3n) is 3.12. The molecule has 0 fully saturated rings. The first-order valence-electron chi connectivity index (χ1n) is 5.63. The molecule has 1 aliphatic rings. The van der Waals surface area contributed by atoms with E-state index in [0.717, 1.165) is 16.5 Å². The number of ether oxygens (including phenoxy) is 1. The predicted molar refractivity (Wildman–Crippen MR) is 66.7 cm³/mol. The maximum Gasteiger partial charge on any atom is 0.331 e. The zero-order chi connectivity index (χ0) is 11.8. The number of rotatable bonds is 1. The molecule has 0 amide bonds. The highest BCUT2D eigenvalue weighted by Crippen LogP contribution is 2.32. The lowest BCUT2D eigenvalue weighted by atomic mass is 9.96. The van der Waals surface area contributed by atoms with Gasteiger partial charge in [0.25, 0.3) is 0 Å². The molecule has 0 aromatic heterocycles. The molecule has 2 aromatic carbocycles. The summed E-state index contributed by atoms with van der Waals surface area (Å²) >= 11 is 0.